The van der Waals surface area contributed by atoms with E-state index in [1.165, 1.54) is 10.6 Å². The third-order valence-electron chi connectivity index (χ3n) is 5.09. The summed E-state index contributed by atoms with van der Waals surface area (Å²) in [6, 6.07) is 15.4. The Labute approximate surface area is 173 Å². The monoisotopic (exact) mass is 402 g/mol. The highest BCUT2D eigenvalue weighted by molar-refractivity contribution is 5.93. The minimum Gasteiger partial charge on any atom is -0.497 e. The molecule has 30 heavy (non-hydrogen) atoms. The van der Waals surface area contributed by atoms with E-state index in [9.17, 15) is 9.59 Å². The van der Waals surface area contributed by atoms with E-state index >= 15 is 0 Å². The number of amides is 1. The van der Waals surface area contributed by atoms with Crippen molar-refractivity contribution in [3.8, 4) is 17.0 Å². The number of imidazole rings is 1. The van der Waals surface area contributed by atoms with E-state index in [-0.39, 0.29) is 5.56 Å². The number of ether oxygens (including phenoxy) is 1. The summed E-state index contributed by atoms with van der Waals surface area (Å²) in [6.07, 6.45) is 3.03. The number of carbonyl (C=O) groups is 1. The predicted molar refractivity (Wildman–Crippen MR) is 115 cm³/mol. The number of aryl methyl sites for hydroxylation is 2. The third kappa shape index (κ3) is 3.57. The van der Waals surface area contributed by atoms with Crippen LogP contribution in [-0.2, 0) is 13.6 Å². The Morgan fingerprint density at radius 3 is 2.47 bits per heavy atom. The molecule has 0 bridgehead atoms. The molecule has 0 aliphatic rings. The summed E-state index contributed by atoms with van der Waals surface area (Å²) in [5.74, 6) is 0.763. The van der Waals surface area contributed by atoms with Crippen LogP contribution in [0.25, 0.3) is 17.0 Å². The van der Waals surface area contributed by atoms with E-state index < -0.39 is 11.5 Å². The lowest BCUT2D eigenvalue weighted by Gasteiger charge is -2.06. The minimum atomic E-state index is -0.447. The number of nitrogens with one attached hydrogen (secondary N) is 1. The average molecular weight is 402 g/mol. The van der Waals surface area contributed by atoms with Crippen molar-refractivity contribution < 1.29 is 9.53 Å². The molecule has 0 radical (unpaired) electrons. The lowest BCUT2D eigenvalue weighted by molar-refractivity contribution is 0.0949. The molecule has 0 saturated carbocycles. The van der Waals surface area contributed by atoms with Gasteiger partial charge in [-0.25, -0.2) is 4.98 Å². The lowest BCUT2D eigenvalue weighted by atomic mass is 10.1. The molecule has 0 aliphatic carbocycles. The number of hydrogen-bond acceptors (Lipinski definition) is 4. The van der Waals surface area contributed by atoms with Crippen molar-refractivity contribution >= 4 is 11.7 Å². The summed E-state index contributed by atoms with van der Waals surface area (Å²) in [7, 11) is 3.44. The first kappa shape index (κ1) is 19.4. The minimum absolute atomic E-state index is 0.00601. The Balaban J connectivity index is 1.63. The zero-order valence-corrected chi connectivity index (χ0v) is 17.0. The number of nitrogens with zero attached hydrogens (tertiary/aromatic N) is 3. The molecular weight excluding hydrogens is 380 g/mol. The van der Waals surface area contributed by atoms with Crippen LogP contribution in [0.15, 0.2) is 65.7 Å². The number of hydrogen-bond donors (Lipinski definition) is 1. The van der Waals surface area contributed by atoms with E-state index in [1.807, 2.05) is 67.1 Å². The molecule has 0 fully saturated rings. The zero-order chi connectivity index (χ0) is 21.3. The molecular formula is C23H22N4O3. The van der Waals surface area contributed by atoms with E-state index in [0.717, 1.165) is 28.1 Å². The summed E-state index contributed by atoms with van der Waals surface area (Å²) in [4.78, 5) is 29.9. The molecule has 4 rings (SSSR count). The smallest absolute Gasteiger partial charge is 0.271 e. The highest BCUT2D eigenvalue weighted by Gasteiger charge is 2.17. The van der Waals surface area contributed by atoms with Gasteiger partial charge < -0.3 is 14.6 Å². The van der Waals surface area contributed by atoms with Gasteiger partial charge in [-0.3, -0.25) is 14.0 Å². The van der Waals surface area contributed by atoms with Gasteiger partial charge in [0, 0.05) is 31.5 Å². The van der Waals surface area contributed by atoms with Crippen molar-refractivity contribution in [1.29, 1.82) is 0 Å². The second kappa shape index (κ2) is 7.87. The summed E-state index contributed by atoms with van der Waals surface area (Å²) >= 11 is 0. The van der Waals surface area contributed by atoms with E-state index in [1.54, 1.807) is 13.3 Å². The molecule has 1 N–H and O–H groups in total. The second-order valence-corrected chi connectivity index (χ2v) is 7.12. The maximum absolute atomic E-state index is 13.0. The number of methoxy groups -OCH3 is 1. The third-order valence-corrected chi connectivity index (χ3v) is 5.09. The lowest BCUT2D eigenvalue weighted by Crippen LogP contribution is -2.31. The summed E-state index contributed by atoms with van der Waals surface area (Å²) < 4.78 is 8.42. The zero-order valence-electron chi connectivity index (χ0n) is 17.0. The van der Waals surface area contributed by atoms with Crippen molar-refractivity contribution in [1.82, 2.24) is 19.3 Å². The van der Waals surface area contributed by atoms with Crippen molar-refractivity contribution in [2.24, 2.45) is 7.05 Å². The fourth-order valence-electron chi connectivity index (χ4n) is 3.31. The number of rotatable bonds is 5. The van der Waals surface area contributed by atoms with Crippen molar-refractivity contribution in [3.05, 3.63) is 88.0 Å². The summed E-state index contributed by atoms with van der Waals surface area (Å²) in [5.41, 5.74) is 3.43. The van der Waals surface area contributed by atoms with Gasteiger partial charge in [-0.2, -0.15) is 0 Å². The largest absolute Gasteiger partial charge is 0.497 e. The van der Waals surface area contributed by atoms with Crippen LogP contribution in [-0.4, -0.2) is 27.0 Å². The molecule has 152 valence electrons. The Kier molecular flexibility index (Phi) is 5.10. The predicted octanol–water partition coefficient (Wildman–Crippen LogP) is 2.95. The van der Waals surface area contributed by atoms with Gasteiger partial charge in [0.1, 0.15) is 11.3 Å². The average Bonchev–Trinajstić information content (AvgIpc) is 3.11. The molecule has 0 saturated heterocycles. The van der Waals surface area contributed by atoms with E-state index in [2.05, 4.69) is 10.3 Å². The molecule has 2 aromatic carbocycles. The Hall–Kier alpha value is -3.87. The number of aromatic nitrogens is 3. The van der Waals surface area contributed by atoms with Crippen LogP contribution >= 0.6 is 0 Å². The first-order valence-corrected chi connectivity index (χ1v) is 9.53. The van der Waals surface area contributed by atoms with Gasteiger partial charge in [0.2, 0.25) is 5.78 Å². The topological polar surface area (TPSA) is 77.6 Å². The Bertz CT molecular complexity index is 1270. The van der Waals surface area contributed by atoms with Gasteiger partial charge in [-0.15, -0.1) is 0 Å². The molecule has 2 heterocycles. The number of benzene rings is 2. The maximum atomic E-state index is 13.0. The van der Waals surface area contributed by atoms with E-state index in [0.29, 0.717) is 12.3 Å². The van der Waals surface area contributed by atoms with Crippen LogP contribution in [0.1, 0.15) is 21.5 Å². The number of carbonyl (C=O) groups excluding carboxylic acids is 1. The Morgan fingerprint density at radius 1 is 1.10 bits per heavy atom. The van der Waals surface area contributed by atoms with Crippen molar-refractivity contribution in [3.63, 3.8) is 0 Å². The maximum Gasteiger partial charge on any atom is 0.271 e. The molecule has 7 heteroatoms. The van der Waals surface area contributed by atoms with Crippen LogP contribution in [0.3, 0.4) is 0 Å². The van der Waals surface area contributed by atoms with Gasteiger partial charge >= 0.3 is 0 Å². The second-order valence-electron chi connectivity index (χ2n) is 7.12. The van der Waals surface area contributed by atoms with Crippen molar-refractivity contribution in [2.45, 2.75) is 13.5 Å². The normalized spacial score (nSPS) is 10.9. The first-order chi connectivity index (χ1) is 14.5. The van der Waals surface area contributed by atoms with Gasteiger partial charge in [0.15, 0.2) is 0 Å². The Morgan fingerprint density at radius 2 is 1.80 bits per heavy atom. The van der Waals surface area contributed by atoms with Crippen LogP contribution in [0.2, 0.25) is 0 Å². The molecule has 0 atom stereocenters. The molecule has 0 spiro atoms. The highest BCUT2D eigenvalue weighted by atomic mass is 16.5. The molecule has 2 aromatic heterocycles. The fourth-order valence-corrected chi connectivity index (χ4v) is 3.31. The van der Waals surface area contributed by atoms with Crippen LogP contribution in [0.4, 0.5) is 0 Å². The quantitative estimate of drug-likeness (QED) is 0.557. The van der Waals surface area contributed by atoms with Gasteiger partial charge in [0.05, 0.1) is 12.8 Å². The molecule has 1 amide bonds. The highest BCUT2D eigenvalue weighted by Crippen LogP contribution is 2.23. The standard InChI is InChI=1S/C23H22N4O3/c1-15-4-6-16(7-5-15)12-24-21(28)19-13-25-23-26(2)20(14-27(23)22(19)29)17-8-10-18(30-3)11-9-17/h4-11,13-14H,12H2,1-3H3,(H,24,28). The molecule has 4 aromatic rings. The molecule has 0 aliphatic heterocycles. The first-order valence-electron chi connectivity index (χ1n) is 9.53. The SMILES string of the molecule is COc1ccc(-c2cn3c(=O)c(C(=O)NCc4ccc(C)cc4)cnc3n2C)cc1. The molecule has 0 unspecified atom stereocenters. The van der Waals surface area contributed by atoms with Gasteiger partial charge in [-0.05, 0) is 36.8 Å². The summed E-state index contributed by atoms with van der Waals surface area (Å²) in [5, 5.41) is 2.79. The van der Waals surface area contributed by atoms with E-state index in [4.69, 9.17) is 4.74 Å². The van der Waals surface area contributed by atoms with Crippen molar-refractivity contribution in [2.75, 3.05) is 7.11 Å². The number of fused-ring (bicyclic) bond motifs is 1. The van der Waals surface area contributed by atoms with Crippen LogP contribution in [0.5, 0.6) is 5.75 Å². The van der Waals surface area contributed by atoms with Crippen LogP contribution < -0.4 is 15.6 Å². The molecule has 7 nitrogen and oxygen atoms in total. The van der Waals surface area contributed by atoms with Gasteiger partial charge in [-0.1, -0.05) is 29.8 Å². The van der Waals surface area contributed by atoms with Crippen LogP contribution in [0, 0.1) is 6.92 Å². The summed E-state index contributed by atoms with van der Waals surface area (Å²) in [6.45, 7) is 2.34. The van der Waals surface area contributed by atoms with Gasteiger partial charge in [0.25, 0.3) is 11.5 Å². The fraction of sp³-hybridized carbons (Fsp3) is 0.174.